The van der Waals surface area contributed by atoms with Crippen molar-refractivity contribution in [2.45, 2.75) is 19.9 Å². The number of imidazole rings is 1. The monoisotopic (exact) mass is 257 g/mol. The van der Waals surface area contributed by atoms with Crippen LogP contribution in [0.15, 0.2) is 36.9 Å². The van der Waals surface area contributed by atoms with Crippen molar-refractivity contribution < 1.29 is 4.57 Å². The highest BCUT2D eigenvalue weighted by atomic mass is 15.2. The van der Waals surface area contributed by atoms with Gasteiger partial charge in [-0.25, -0.2) is 4.57 Å². The number of hydrogen-bond donors (Lipinski definition) is 2. The highest BCUT2D eigenvalue weighted by molar-refractivity contribution is 5.58. The Hall–Kier alpha value is -1.97. The molecule has 2 heterocycles. The van der Waals surface area contributed by atoms with Crippen LogP contribution in [0.1, 0.15) is 12.0 Å². The van der Waals surface area contributed by atoms with Gasteiger partial charge in [0.15, 0.2) is 0 Å². The quantitative estimate of drug-likeness (QED) is 0.650. The van der Waals surface area contributed by atoms with Crippen molar-refractivity contribution >= 4 is 11.4 Å². The van der Waals surface area contributed by atoms with Crippen molar-refractivity contribution in [3.8, 4) is 0 Å². The lowest BCUT2D eigenvalue weighted by molar-refractivity contribution is -0.701. The Labute approximate surface area is 113 Å². The molecule has 0 radical (unpaired) electrons. The van der Waals surface area contributed by atoms with Gasteiger partial charge in [0, 0.05) is 30.4 Å². The summed E-state index contributed by atoms with van der Waals surface area (Å²) in [5.74, 6) is 0.721. The van der Waals surface area contributed by atoms with Crippen LogP contribution >= 0.6 is 0 Å². The van der Waals surface area contributed by atoms with Gasteiger partial charge in [-0.1, -0.05) is 0 Å². The van der Waals surface area contributed by atoms with E-state index in [0.717, 1.165) is 31.2 Å². The minimum absolute atomic E-state index is 0.721. The molecule has 4 heteroatoms. The Kier molecular flexibility index (Phi) is 3.15. The van der Waals surface area contributed by atoms with Crippen LogP contribution in [-0.2, 0) is 6.54 Å². The molecule has 1 aliphatic rings. The van der Waals surface area contributed by atoms with Gasteiger partial charge < -0.3 is 10.6 Å². The Morgan fingerprint density at radius 3 is 3.11 bits per heavy atom. The molecule has 0 saturated carbocycles. The zero-order chi connectivity index (χ0) is 13.2. The molecular weight excluding hydrogens is 236 g/mol. The third kappa shape index (κ3) is 2.57. The first kappa shape index (κ1) is 12.1. The molecular formula is C15H21N4+. The first-order valence-corrected chi connectivity index (χ1v) is 6.85. The zero-order valence-electron chi connectivity index (χ0n) is 11.3. The summed E-state index contributed by atoms with van der Waals surface area (Å²) < 4.78 is 2.22. The van der Waals surface area contributed by atoms with E-state index in [1.807, 2.05) is 18.6 Å². The molecule has 0 spiro atoms. The van der Waals surface area contributed by atoms with Crippen molar-refractivity contribution in [3.05, 3.63) is 42.5 Å². The number of H-pyrrole nitrogens is 1. The van der Waals surface area contributed by atoms with Gasteiger partial charge >= 0.3 is 0 Å². The lowest BCUT2D eigenvalue weighted by atomic mass is 10.1. The summed E-state index contributed by atoms with van der Waals surface area (Å²) in [4.78, 5) is 5.56. The van der Waals surface area contributed by atoms with Crippen LogP contribution in [-0.4, -0.2) is 18.1 Å². The second-order valence-electron chi connectivity index (χ2n) is 5.45. The molecule has 3 N–H and O–H groups in total. The highest BCUT2D eigenvalue weighted by Crippen LogP contribution is 2.26. The van der Waals surface area contributed by atoms with E-state index in [9.17, 15) is 0 Å². The lowest BCUT2D eigenvalue weighted by Gasteiger charge is -2.19. The second-order valence-corrected chi connectivity index (χ2v) is 5.45. The number of nitrogens with zero attached hydrogens (tertiary/aromatic N) is 2. The number of anilines is 2. The number of nitrogen functional groups attached to an aromatic ring is 1. The predicted molar refractivity (Wildman–Crippen MR) is 76.9 cm³/mol. The average Bonchev–Trinajstić information content (AvgIpc) is 3.05. The molecule has 1 aromatic heterocycles. The van der Waals surface area contributed by atoms with Crippen LogP contribution in [0.25, 0.3) is 0 Å². The first-order valence-electron chi connectivity index (χ1n) is 6.85. The average molecular weight is 257 g/mol. The maximum absolute atomic E-state index is 5.88. The van der Waals surface area contributed by atoms with E-state index >= 15 is 0 Å². The van der Waals surface area contributed by atoms with Gasteiger partial charge in [-0.15, -0.1) is 0 Å². The fourth-order valence-electron chi connectivity index (χ4n) is 2.81. The number of rotatable bonds is 3. The van der Waals surface area contributed by atoms with Crippen LogP contribution in [0, 0.1) is 12.8 Å². The first-order chi connectivity index (χ1) is 9.22. The number of aryl methyl sites for hydroxylation is 1. The molecule has 0 amide bonds. The Morgan fingerprint density at radius 2 is 2.37 bits per heavy atom. The maximum Gasteiger partial charge on any atom is 0.241 e. The molecule has 19 heavy (non-hydrogen) atoms. The Balaban J connectivity index is 1.66. The molecule has 4 nitrogen and oxygen atoms in total. The van der Waals surface area contributed by atoms with Gasteiger partial charge in [-0.3, -0.25) is 4.98 Å². The van der Waals surface area contributed by atoms with Crippen LogP contribution in [0.2, 0.25) is 0 Å². The summed E-state index contributed by atoms with van der Waals surface area (Å²) in [6.07, 6.45) is 7.34. The predicted octanol–water partition coefficient (Wildman–Crippen LogP) is 1.72. The van der Waals surface area contributed by atoms with Crippen molar-refractivity contribution in [2.75, 3.05) is 23.7 Å². The summed E-state index contributed by atoms with van der Waals surface area (Å²) >= 11 is 0. The van der Waals surface area contributed by atoms with Gasteiger partial charge in [0.2, 0.25) is 6.33 Å². The number of hydrogen-bond acceptors (Lipinski definition) is 2. The SMILES string of the molecule is Cc1cc(N2CCC(C[n+]3cc[nH]c3)C2)ccc1N. The van der Waals surface area contributed by atoms with Gasteiger partial charge in [-0.05, 0) is 37.1 Å². The lowest BCUT2D eigenvalue weighted by Crippen LogP contribution is -2.36. The molecule has 3 rings (SSSR count). The molecule has 1 unspecified atom stereocenters. The molecule has 1 aliphatic heterocycles. The zero-order valence-corrected chi connectivity index (χ0v) is 11.3. The number of aromatic amines is 1. The largest absolute Gasteiger partial charge is 0.399 e. The summed E-state index contributed by atoms with van der Waals surface area (Å²) in [5.41, 5.74) is 9.22. The molecule has 1 fully saturated rings. The van der Waals surface area contributed by atoms with Crippen molar-refractivity contribution in [1.82, 2.24) is 4.98 Å². The minimum Gasteiger partial charge on any atom is -0.399 e. The van der Waals surface area contributed by atoms with Crippen molar-refractivity contribution in [1.29, 1.82) is 0 Å². The van der Waals surface area contributed by atoms with Gasteiger partial charge in [0.1, 0.15) is 12.4 Å². The highest BCUT2D eigenvalue weighted by Gasteiger charge is 2.24. The van der Waals surface area contributed by atoms with Crippen LogP contribution in [0.5, 0.6) is 0 Å². The normalized spacial score (nSPS) is 19.0. The number of aromatic nitrogens is 2. The second kappa shape index (κ2) is 4.96. The molecule has 1 atom stereocenters. The smallest absolute Gasteiger partial charge is 0.241 e. The summed E-state index contributed by atoms with van der Waals surface area (Å²) in [7, 11) is 0. The van der Waals surface area contributed by atoms with Gasteiger partial charge in [0.05, 0.1) is 6.54 Å². The molecule has 1 aromatic carbocycles. The van der Waals surface area contributed by atoms with E-state index in [1.54, 1.807) is 0 Å². The minimum atomic E-state index is 0.721. The molecule has 1 saturated heterocycles. The van der Waals surface area contributed by atoms with E-state index in [4.69, 9.17) is 5.73 Å². The molecule has 2 aromatic rings. The van der Waals surface area contributed by atoms with Crippen molar-refractivity contribution in [2.24, 2.45) is 5.92 Å². The van der Waals surface area contributed by atoms with Crippen LogP contribution < -0.4 is 15.2 Å². The van der Waals surface area contributed by atoms with E-state index < -0.39 is 0 Å². The number of nitrogens with one attached hydrogen (secondary N) is 1. The standard InChI is InChI=1S/C15H20N4/c1-12-8-14(2-3-15(12)16)19-6-4-13(10-19)9-18-7-5-17-11-18/h2-3,5,7-8,11,13H,4,6,9-10,16H2,1H3/p+1. The third-order valence-electron chi connectivity index (χ3n) is 3.98. The fraction of sp³-hybridized carbons (Fsp3) is 0.400. The van der Waals surface area contributed by atoms with Gasteiger partial charge in [0.25, 0.3) is 0 Å². The maximum atomic E-state index is 5.88. The topological polar surface area (TPSA) is 48.9 Å². The summed E-state index contributed by atoms with van der Waals surface area (Å²) in [6, 6.07) is 6.34. The third-order valence-corrected chi connectivity index (χ3v) is 3.98. The van der Waals surface area contributed by atoms with Gasteiger partial charge in [-0.2, -0.15) is 0 Å². The number of benzene rings is 1. The number of nitrogens with two attached hydrogens (primary N) is 1. The van der Waals surface area contributed by atoms with E-state index in [-0.39, 0.29) is 0 Å². The molecule has 100 valence electrons. The summed E-state index contributed by atoms with van der Waals surface area (Å²) in [5, 5.41) is 0. The van der Waals surface area contributed by atoms with E-state index in [2.05, 4.69) is 39.7 Å². The van der Waals surface area contributed by atoms with Crippen LogP contribution in [0.4, 0.5) is 11.4 Å². The Morgan fingerprint density at radius 1 is 1.47 bits per heavy atom. The van der Waals surface area contributed by atoms with Crippen LogP contribution in [0.3, 0.4) is 0 Å². The molecule has 0 aliphatic carbocycles. The Bertz CT molecular complexity index is 547. The summed E-state index contributed by atoms with van der Waals surface area (Å²) in [6.45, 7) is 5.43. The van der Waals surface area contributed by atoms with E-state index in [0.29, 0.717) is 0 Å². The fourth-order valence-corrected chi connectivity index (χ4v) is 2.81. The molecule has 0 bridgehead atoms. The van der Waals surface area contributed by atoms with Crippen molar-refractivity contribution in [3.63, 3.8) is 0 Å². The van der Waals surface area contributed by atoms with E-state index in [1.165, 1.54) is 17.7 Å².